The van der Waals surface area contributed by atoms with E-state index in [-0.39, 0.29) is 5.91 Å². The van der Waals surface area contributed by atoms with Crippen molar-refractivity contribution in [1.29, 1.82) is 0 Å². The first-order valence-corrected chi connectivity index (χ1v) is 10.7. The van der Waals surface area contributed by atoms with Gasteiger partial charge >= 0.3 is 0 Å². The minimum Gasteiger partial charge on any atom is -0.320 e. The maximum absolute atomic E-state index is 13.1. The summed E-state index contributed by atoms with van der Waals surface area (Å²) in [5.41, 5.74) is 2.80. The number of anilines is 1. The van der Waals surface area contributed by atoms with Crippen molar-refractivity contribution in [2.75, 3.05) is 12.4 Å². The molecule has 0 aliphatic heterocycles. The number of rotatable bonds is 6. The number of hydrogen-bond donors (Lipinski definition) is 2. The highest BCUT2D eigenvalue weighted by atomic mass is 79.9. The van der Waals surface area contributed by atoms with E-state index in [0.717, 1.165) is 11.1 Å². The van der Waals surface area contributed by atoms with Gasteiger partial charge in [0, 0.05) is 28.7 Å². The molecule has 0 unspecified atom stereocenters. The SMILES string of the molecule is CNSCc1cc(Cl)cc(C)c1NC(=O)c1cc(Br)nn1-c1ncccc1Cl. The van der Waals surface area contributed by atoms with Crippen molar-refractivity contribution >= 4 is 62.7 Å². The molecule has 0 aliphatic carbocycles. The van der Waals surface area contributed by atoms with Gasteiger partial charge in [-0.05, 0) is 65.3 Å². The second kappa shape index (κ2) is 9.28. The molecule has 2 N–H and O–H groups in total. The van der Waals surface area contributed by atoms with Crippen molar-refractivity contribution in [3.63, 3.8) is 0 Å². The summed E-state index contributed by atoms with van der Waals surface area (Å²) in [6, 6.07) is 8.68. The van der Waals surface area contributed by atoms with Gasteiger partial charge in [-0.1, -0.05) is 35.1 Å². The van der Waals surface area contributed by atoms with Gasteiger partial charge < -0.3 is 5.32 Å². The first-order valence-electron chi connectivity index (χ1n) is 8.16. The van der Waals surface area contributed by atoms with E-state index in [9.17, 15) is 4.79 Å². The third-order valence-corrected chi connectivity index (χ3v) is 5.49. The zero-order valence-electron chi connectivity index (χ0n) is 15.0. The van der Waals surface area contributed by atoms with Crippen LogP contribution in [-0.4, -0.2) is 27.7 Å². The fraction of sp³-hybridized carbons (Fsp3) is 0.167. The van der Waals surface area contributed by atoms with Crippen LogP contribution >= 0.6 is 51.1 Å². The zero-order valence-corrected chi connectivity index (χ0v) is 18.9. The summed E-state index contributed by atoms with van der Waals surface area (Å²) in [5.74, 6) is 0.683. The molecule has 2 heterocycles. The zero-order chi connectivity index (χ0) is 20.3. The van der Waals surface area contributed by atoms with Crippen LogP contribution in [-0.2, 0) is 5.75 Å². The smallest absolute Gasteiger partial charge is 0.274 e. The number of nitrogens with one attached hydrogen (secondary N) is 2. The summed E-state index contributed by atoms with van der Waals surface area (Å²) in [5, 5.41) is 8.30. The summed E-state index contributed by atoms with van der Waals surface area (Å²) in [6.45, 7) is 1.90. The van der Waals surface area contributed by atoms with Crippen molar-refractivity contribution in [3.05, 3.63) is 68.0 Å². The Kier molecular flexibility index (Phi) is 7.00. The number of aromatic nitrogens is 3. The Balaban J connectivity index is 1.98. The van der Waals surface area contributed by atoms with Crippen molar-refractivity contribution in [2.24, 2.45) is 0 Å². The van der Waals surface area contributed by atoms with Gasteiger partial charge in [-0.3, -0.25) is 9.52 Å². The lowest BCUT2D eigenvalue weighted by Gasteiger charge is -2.15. The maximum atomic E-state index is 13.1. The minimum atomic E-state index is -0.332. The molecule has 2 aromatic heterocycles. The molecule has 0 spiro atoms. The van der Waals surface area contributed by atoms with Crippen LogP contribution in [0.25, 0.3) is 5.82 Å². The van der Waals surface area contributed by atoms with Gasteiger partial charge in [0.25, 0.3) is 5.91 Å². The molecule has 0 saturated heterocycles. The Morgan fingerprint density at radius 1 is 1.32 bits per heavy atom. The molecule has 0 bridgehead atoms. The lowest BCUT2D eigenvalue weighted by Crippen LogP contribution is -2.19. The molecule has 0 saturated carbocycles. The summed E-state index contributed by atoms with van der Waals surface area (Å²) in [7, 11) is 1.84. The molecule has 3 aromatic rings. The highest BCUT2D eigenvalue weighted by molar-refractivity contribution is 9.10. The van der Waals surface area contributed by atoms with Crippen LogP contribution in [0, 0.1) is 6.92 Å². The second-order valence-electron chi connectivity index (χ2n) is 5.78. The lowest BCUT2D eigenvalue weighted by molar-refractivity contribution is 0.101. The Hall–Kier alpha value is -1.58. The number of hydrogen-bond acceptors (Lipinski definition) is 5. The van der Waals surface area contributed by atoms with Crippen LogP contribution in [0.4, 0.5) is 5.69 Å². The highest BCUT2D eigenvalue weighted by Gasteiger charge is 2.20. The lowest BCUT2D eigenvalue weighted by atomic mass is 10.1. The van der Waals surface area contributed by atoms with E-state index in [2.05, 4.69) is 36.1 Å². The highest BCUT2D eigenvalue weighted by Crippen LogP contribution is 2.29. The Morgan fingerprint density at radius 2 is 2.11 bits per heavy atom. The Morgan fingerprint density at radius 3 is 2.82 bits per heavy atom. The molecule has 146 valence electrons. The third-order valence-electron chi connectivity index (χ3n) is 3.84. The van der Waals surface area contributed by atoms with Gasteiger partial charge in [0.05, 0.1) is 5.02 Å². The van der Waals surface area contributed by atoms with Crippen LogP contribution in [0.15, 0.2) is 41.1 Å². The largest absolute Gasteiger partial charge is 0.320 e. The molecular weight excluding hydrogens is 485 g/mol. The van der Waals surface area contributed by atoms with Gasteiger partial charge in [-0.25, -0.2) is 9.67 Å². The van der Waals surface area contributed by atoms with Crippen LogP contribution in [0.5, 0.6) is 0 Å². The molecule has 3 rings (SSSR count). The molecule has 1 amide bonds. The quantitative estimate of drug-likeness (QED) is 0.451. The van der Waals surface area contributed by atoms with Crippen molar-refractivity contribution in [3.8, 4) is 5.82 Å². The number of aryl methyl sites for hydroxylation is 1. The van der Waals surface area contributed by atoms with E-state index in [1.807, 2.05) is 26.1 Å². The van der Waals surface area contributed by atoms with E-state index < -0.39 is 0 Å². The molecule has 6 nitrogen and oxygen atoms in total. The normalized spacial score (nSPS) is 10.9. The second-order valence-corrected chi connectivity index (χ2v) is 8.42. The predicted octanol–water partition coefficient (Wildman–Crippen LogP) is 5.26. The van der Waals surface area contributed by atoms with Crippen molar-refractivity contribution in [1.82, 2.24) is 19.5 Å². The molecule has 0 atom stereocenters. The standard InChI is InChI=1S/C18H16BrCl2N5OS/c1-10-6-12(20)7-11(9-28-22-2)16(10)24-18(27)14-8-15(19)25-26(14)17-13(21)4-3-5-23-17/h3-8,22H,9H2,1-2H3,(H,24,27). The van der Waals surface area contributed by atoms with Crippen molar-refractivity contribution in [2.45, 2.75) is 12.7 Å². The van der Waals surface area contributed by atoms with E-state index in [1.165, 1.54) is 16.6 Å². The molecule has 10 heteroatoms. The Labute approximate surface area is 185 Å². The Bertz CT molecular complexity index is 1030. The average molecular weight is 501 g/mol. The molecule has 0 aliphatic rings. The van der Waals surface area contributed by atoms with Crippen LogP contribution in [0.1, 0.15) is 21.6 Å². The molecule has 0 fully saturated rings. The maximum Gasteiger partial charge on any atom is 0.274 e. The van der Waals surface area contributed by atoms with Gasteiger partial charge in [-0.15, -0.1) is 0 Å². The molecular formula is C18H16BrCl2N5OS. The number of carbonyl (C=O) groups is 1. The van der Waals surface area contributed by atoms with Crippen LogP contribution < -0.4 is 10.0 Å². The first-order chi connectivity index (χ1) is 13.4. The molecule has 28 heavy (non-hydrogen) atoms. The van der Waals surface area contributed by atoms with E-state index >= 15 is 0 Å². The number of nitrogens with zero attached hydrogens (tertiary/aromatic N) is 3. The van der Waals surface area contributed by atoms with E-state index in [0.29, 0.717) is 37.6 Å². The average Bonchev–Trinajstić information content (AvgIpc) is 3.04. The van der Waals surface area contributed by atoms with Crippen LogP contribution in [0.2, 0.25) is 10.0 Å². The number of amides is 1. The van der Waals surface area contributed by atoms with E-state index in [1.54, 1.807) is 24.4 Å². The van der Waals surface area contributed by atoms with E-state index in [4.69, 9.17) is 23.2 Å². The summed E-state index contributed by atoms with van der Waals surface area (Å²) >= 11 is 17.3. The van der Waals surface area contributed by atoms with Gasteiger partial charge in [-0.2, -0.15) is 5.10 Å². The predicted molar refractivity (Wildman–Crippen MR) is 119 cm³/mol. The number of halogens is 3. The van der Waals surface area contributed by atoms with Crippen molar-refractivity contribution < 1.29 is 4.79 Å². The topological polar surface area (TPSA) is 71.8 Å². The third kappa shape index (κ3) is 4.69. The summed E-state index contributed by atoms with van der Waals surface area (Å²) in [6.07, 6.45) is 1.59. The first kappa shape index (κ1) is 21.1. The van der Waals surface area contributed by atoms with Gasteiger partial charge in [0.2, 0.25) is 0 Å². The summed E-state index contributed by atoms with van der Waals surface area (Å²) < 4.78 is 4.94. The molecule has 0 radical (unpaired) electrons. The fourth-order valence-corrected chi connectivity index (χ4v) is 4.04. The van der Waals surface area contributed by atoms with Gasteiger partial charge in [0.15, 0.2) is 5.82 Å². The molecule has 1 aromatic carbocycles. The number of pyridine rings is 1. The number of carbonyl (C=O) groups excluding carboxylic acids is 1. The van der Waals surface area contributed by atoms with Crippen LogP contribution in [0.3, 0.4) is 0 Å². The fourth-order valence-electron chi connectivity index (χ4n) is 2.64. The number of benzene rings is 1. The summed E-state index contributed by atoms with van der Waals surface area (Å²) in [4.78, 5) is 17.3. The monoisotopic (exact) mass is 499 g/mol. The minimum absolute atomic E-state index is 0.300. The van der Waals surface area contributed by atoms with Gasteiger partial charge in [0.1, 0.15) is 10.3 Å².